The van der Waals surface area contributed by atoms with Gasteiger partial charge in [-0.1, -0.05) is 36.4 Å². The Hall–Kier alpha value is -2.98. The van der Waals surface area contributed by atoms with Gasteiger partial charge in [0.25, 0.3) is 5.82 Å². The SMILES string of the molecule is Cc1cccc(C)c1-c1nc2ccc(C)c(-c3n(C)c4ccccc4[n+]3C)c2s1. The van der Waals surface area contributed by atoms with E-state index in [4.69, 9.17) is 4.98 Å². The maximum Gasteiger partial charge on any atom is 0.291 e. The molecule has 5 aromatic rings. The molecule has 3 nitrogen and oxygen atoms in total. The van der Waals surface area contributed by atoms with E-state index < -0.39 is 0 Å². The molecule has 2 aromatic heterocycles. The summed E-state index contributed by atoms with van der Waals surface area (Å²) in [5, 5.41) is 1.10. The number of thiazole rings is 1. The van der Waals surface area contributed by atoms with Crippen molar-refractivity contribution < 1.29 is 4.57 Å². The van der Waals surface area contributed by atoms with Crippen molar-refractivity contribution in [1.29, 1.82) is 0 Å². The van der Waals surface area contributed by atoms with Crippen molar-refractivity contribution in [2.24, 2.45) is 14.1 Å². The van der Waals surface area contributed by atoms with E-state index in [0.29, 0.717) is 0 Å². The van der Waals surface area contributed by atoms with Crippen LogP contribution in [0.2, 0.25) is 0 Å². The summed E-state index contributed by atoms with van der Waals surface area (Å²) in [6.07, 6.45) is 0. The summed E-state index contributed by atoms with van der Waals surface area (Å²) in [6, 6.07) is 19.4. The summed E-state index contributed by atoms with van der Waals surface area (Å²) in [5.74, 6) is 1.21. The van der Waals surface area contributed by atoms with Crippen LogP contribution >= 0.6 is 11.3 Å². The summed E-state index contributed by atoms with van der Waals surface area (Å²) >= 11 is 1.80. The number of hydrogen-bond acceptors (Lipinski definition) is 2. The highest BCUT2D eigenvalue weighted by molar-refractivity contribution is 7.22. The lowest BCUT2D eigenvalue weighted by atomic mass is 10.0. The van der Waals surface area contributed by atoms with Crippen LogP contribution < -0.4 is 4.57 Å². The molecule has 0 N–H and O–H groups in total. The number of benzene rings is 3. The molecule has 0 aliphatic rings. The molecule has 0 aliphatic carbocycles. The first-order valence-corrected chi connectivity index (χ1v) is 10.7. The highest BCUT2D eigenvalue weighted by atomic mass is 32.1. The van der Waals surface area contributed by atoms with E-state index in [9.17, 15) is 0 Å². The number of hydrogen-bond donors (Lipinski definition) is 0. The van der Waals surface area contributed by atoms with Gasteiger partial charge in [-0.2, -0.15) is 0 Å². The van der Waals surface area contributed by atoms with Crippen molar-refractivity contribution in [3.8, 4) is 22.0 Å². The van der Waals surface area contributed by atoms with Crippen LogP contribution in [0.15, 0.2) is 54.6 Å². The minimum absolute atomic E-state index is 1.07. The molecule has 144 valence electrons. The van der Waals surface area contributed by atoms with Gasteiger partial charge in [0.1, 0.15) is 5.01 Å². The van der Waals surface area contributed by atoms with Gasteiger partial charge >= 0.3 is 0 Å². The van der Waals surface area contributed by atoms with Crippen LogP contribution in [-0.4, -0.2) is 9.55 Å². The molecular weight excluding hydrogens is 374 g/mol. The Labute approximate surface area is 174 Å². The van der Waals surface area contributed by atoms with E-state index in [1.807, 2.05) is 0 Å². The van der Waals surface area contributed by atoms with E-state index in [2.05, 4.69) is 98.6 Å². The van der Waals surface area contributed by atoms with E-state index in [1.165, 1.54) is 49.4 Å². The summed E-state index contributed by atoms with van der Waals surface area (Å²) in [4.78, 5) is 5.05. The van der Waals surface area contributed by atoms with Crippen LogP contribution in [0.25, 0.3) is 43.2 Å². The largest absolute Gasteiger partial charge is 0.291 e. The number of rotatable bonds is 2. The van der Waals surface area contributed by atoms with E-state index in [1.54, 1.807) is 11.3 Å². The lowest BCUT2D eigenvalue weighted by molar-refractivity contribution is -0.634. The van der Waals surface area contributed by atoms with E-state index in [-0.39, 0.29) is 0 Å². The molecule has 2 heterocycles. The van der Waals surface area contributed by atoms with Crippen molar-refractivity contribution >= 4 is 32.6 Å². The highest BCUT2D eigenvalue weighted by Gasteiger charge is 2.26. The standard InChI is InChI=1S/C25H24N3S/c1-15-9-8-10-16(2)21(15)24-26-18-14-13-17(3)22(23(18)29-24)25-27(4)19-11-6-7-12-20(19)28(25)5/h6-14H,1-5H3/q+1. The zero-order chi connectivity index (χ0) is 20.3. The van der Waals surface area contributed by atoms with Crippen LogP contribution in [0.3, 0.4) is 0 Å². The summed E-state index contributed by atoms with van der Waals surface area (Å²) in [6.45, 7) is 6.54. The molecule has 3 aromatic carbocycles. The second kappa shape index (κ2) is 6.53. The third-order valence-electron chi connectivity index (χ3n) is 5.92. The number of fused-ring (bicyclic) bond motifs is 2. The molecule has 0 radical (unpaired) electrons. The molecule has 5 rings (SSSR count). The van der Waals surface area contributed by atoms with Crippen LogP contribution in [-0.2, 0) is 14.1 Å². The second-order valence-corrected chi connectivity index (χ2v) is 8.82. The Morgan fingerprint density at radius 2 is 1.52 bits per heavy atom. The normalized spacial score (nSPS) is 11.6. The number of imidazole rings is 1. The van der Waals surface area contributed by atoms with Gasteiger partial charge in [-0.05, 0) is 55.7 Å². The Morgan fingerprint density at radius 1 is 0.828 bits per heavy atom. The van der Waals surface area contributed by atoms with Gasteiger partial charge in [-0.25, -0.2) is 14.1 Å². The van der Waals surface area contributed by atoms with Gasteiger partial charge in [0.15, 0.2) is 11.0 Å². The predicted molar refractivity (Wildman–Crippen MR) is 122 cm³/mol. The van der Waals surface area contributed by atoms with Crippen LogP contribution in [0.1, 0.15) is 16.7 Å². The second-order valence-electron chi connectivity index (χ2n) is 7.82. The molecule has 0 bridgehead atoms. The van der Waals surface area contributed by atoms with Crippen molar-refractivity contribution in [3.05, 3.63) is 71.3 Å². The Kier molecular flexibility index (Phi) is 4.07. The van der Waals surface area contributed by atoms with Crippen molar-refractivity contribution in [1.82, 2.24) is 9.55 Å². The predicted octanol–water partition coefficient (Wildman–Crippen LogP) is 5.87. The monoisotopic (exact) mass is 398 g/mol. The lowest BCUT2D eigenvalue weighted by Gasteiger charge is -2.05. The summed E-state index contributed by atoms with van der Waals surface area (Å²) in [7, 11) is 4.31. The molecule has 0 saturated carbocycles. The topological polar surface area (TPSA) is 21.7 Å². The zero-order valence-electron chi connectivity index (χ0n) is 17.4. The van der Waals surface area contributed by atoms with Crippen molar-refractivity contribution in [2.45, 2.75) is 20.8 Å². The zero-order valence-corrected chi connectivity index (χ0v) is 18.3. The van der Waals surface area contributed by atoms with Gasteiger partial charge in [0.05, 0.1) is 29.9 Å². The fourth-order valence-corrected chi connectivity index (χ4v) is 5.78. The average molecular weight is 399 g/mol. The quantitative estimate of drug-likeness (QED) is 0.341. The van der Waals surface area contributed by atoms with Crippen LogP contribution in [0.4, 0.5) is 0 Å². The first-order valence-electron chi connectivity index (χ1n) is 9.88. The molecule has 0 fully saturated rings. The molecule has 0 aliphatic heterocycles. The fraction of sp³-hybridized carbons (Fsp3) is 0.200. The summed E-state index contributed by atoms with van der Waals surface area (Å²) < 4.78 is 5.86. The number of para-hydroxylation sites is 2. The number of nitrogens with zero attached hydrogens (tertiary/aromatic N) is 3. The third-order valence-corrected chi connectivity index (χ3v) is 7.03. The maximum atomic E-state index is 5.05. The van der Waals surface area contributed by atoms with Gasteiger partial charge in [0.2, 0.25) is 0 Å². The van der Waals surface area contributed by atoms with Gasteiger partial charge < -0.3 is 0 Å². The van der Waals surface area contributed by atoms with Crippen LogP contribution in [0.5, 0.6) is 0 Å². The van der Waals surface area contributed by atoms with Crippen molar-refractivity contribution in [2.75, 3.05) is 0 Å². The van der Waals surface area contributed by atoms with Crippen molar-refractivity contribution in [3.63, 3.8) is 0 Å². The van der Waals surface area contributed by atoms with E-state index in [0.717, 1.165) is 10.5 Å². The molecular formula is C25H24N3S+. The molecule has 4 heteroatoms. The molecule has 0 atom stereocenters. The van der Waals surface area contributed by atoms with Gasteiger partial charge in [0, 0.05) is 5.56 Å². The third kappa shape index (κ3) is 2.63. The number of aryl methyl sites for hydroxylation is 5. The maximum absolute atomic E-state index is 5.05. The highest BCUT2D eigenvalue weighted by Crippen LogP contribution is 2.40. The van der Waals surface area contributed by atoms with Gasteiger partial charge in [-0.15, -0.1) is 11.3 Å². The van der Waals surface area contributed by atoms with Crippen LogP contribution in [0, 0.1) is 20.8 Å². The Morgan fingerprint density at radius 3 is 2.24 bits per heavy atom. The molecule has 0 unspecified atom stereocenters. The minimum Gasteiger partial charge on any atom is -0.236 e. The minimum atomic E-state index is 1.07. The molecule has 29 heavy (non-hydrogen) atoms. The Bertz CT molecular complexity index is 1350. The first-order chi connectivity index (χ1) is 14.0. The first kappa shape index (κ1) is 18.1. The fourth-order valence-electron chi connectivity index (χ4n) is 4.45. The summed E-state index contributed by atoms with van der Waals surface area (Å²) in [5.41, 5.74) is 9.91. The molecule has 0 saturated heterocycles. The molecule has 0 spiro atoms. The smallest absolute Gasteiger partial charge is 0.236 e. The van der Waals surface area contributed by atoms with Gasteiger partial charge in [-0.3, -0.25) is 0 Å². The Balaban J connectivity index is 1.85. The molecule has 0 amide bonds. The average Bonchev–Trinajstić information content (AvgIpc) is 3.22. The number of aromatic nitrogens is 3. The lowest BCUT2D eigenvalue weighted by Crippen LogP contribution is -2.30. The van der Waals surface area contributed by atoms with E-state index >= 15 is 0 Å².